The van der Waals surface area contributed by atoms with E-state index in [1.165, 1.54) is 0 Å². The molecule has 0 radical (unpaired) electrons. The van der Waals surface area contributed by atoms with Crippen LogP contribution in [0.25, 0.3) is 0 Å². The van der Waals surface area contributed by atoms with Gasteiger partial charge in [0.2, 0.25) is 0 Å². The molecule has 0 spiro atoms. The first kappa shape index (κ1) is 10.8. The van der Waals surface area contributed by atoms with Gasteiger partial charge in [-0.05, 0) is 12.1 Å². The Labute approximate surface area is 103 Å². The van der Waals surface area contributed by atoms with Gasteiger partial charge in [0, 0.05) is 16.7 Å². The quantitative estimate of drug-likeness (QED) is 0.577. The first-order chi connectivity index (χ1) is 7.66. The summed E-state index contributed by atoms with van der Waals surface area (Å²) >= 11 is 0. The van der Waals surface area contributed by atoms with E-state index in [9.17, 15) is 8.42 Å². The van der Waals surface area contributed by atoms with E-state index in [2.05, 4.69) is 4.31 Å². The maximum Gasteiger partial charge on any atom is 0.153 e. The van der Waals surface area contributed by atoms with Crippen molar-refractivity contribution < 1.29 is 8.42 Å². The Bertz CT molecular complexity index is 488. The zero-order chi connectivity index (χ0) is 11.2. The van der Waals surface area contributed by atoms with Crippen molar-refractivity contribution in [2.75, 3.05) is 15.8 Å². The van der Waals surface area contributed by atoms with Gasteiger partial charge in [0.15, 0.2) is 9.84 Å². The molecule has 1 aromatic carbocycles. The van der Waals surface area contributed by atoms with Crippen LogP contribution in [0.2, 0.25) is 0 Å². The molecule has 1 aromatic rings. The molecular formula is C10H11NO2S3. The number of fused-ring (bicyclic) bond motifs is 1. The van der Waals surface area contributed by atoms with E-state index < -0.39 is 9.84 Å². The zero-order valence-corrected chi connectivity index (χ0v) is 10.9. The normalized spacial score (nSPS) is 31.6. The number of nitrogens with zero attached hydrogens (tertiary/aromatic N) is 1. The molecule has 3 nitrogen and oxygen atoms in total. The topological polar surface area (TPSA) is 37.4 Å². The highest BCUT2D eigenvalue weighted by Crippen LogP contribution is 2.49. The molecule has 0 bridgehead atoms. The molecule has 0 amide bonds. The number of para-hydroxylation sites is 1. The van der Waals surface area contributed by atoms with E-state index >= 15 is 0 Å². The van der Waals surface area contributed by atoms with Crippen molar-refractivity contribution in [1.29, 1.82) is 0 Å². The molecule has 3 rings (SSSR count). The third-order valence-corrected chi connectivity index (χ3v) is 7.70. The monoisotopic (exact) mass is 273 g/mol. The molecule has 2 saturated heterocycles. The summed E-state index contributed by atoms with van der Waals surface area (Å²) in [5.41, 5.74) is 1.10. The van der Waals surface area contributed by atoms with Crippen molar-refractivity contribution in [3.8, 4) is 0 Å². The third kappa shape index (κ3) is 1.83. The van der Waals surface area contributed by atoms with Crippen LogP contribution in [0.4, 0.5) is 5.69 Å². The number of sulfone groups is 1. The summed E-state index contributed by atoms with van der Waals surface area (Å²) in [7, 11) is 0.533. The Morgan fingerprint density at radius 1 is 1.19 bits per heavy atom. The molecule has 16 heavy (non-hydrogen) atoms. The molecule has 6 heteroatoms. The fourth-order valence-electron chi connectivity index (χ4n) is 2.07. The van der Waals surface area contributed by atoms with E-state index in [1.54, 1.807) is 21.8 Å². The molecule has 0 saturated carbocycles. The second-order valence-corrected chi connectivity index (χ2v) is 8.53. The molecule has 86 valence electrons. The van der Waals surface area contributed by atoms with E-state index in [-0.39, 0.29) is 11.3 Å². The largest absolute Gasteiger partial charge is 0.302 e. The Hall–Kier alpha value is -0.330. The lowest BCUT2D eigenvalue weighted by Gasteiger charge is -2.21. The maximum absolute atomic E-state index is 11.6. The highest BCUT2D eigenvalue weighted by atomic mass is 33.1. The van der Waals surface area contributed by atoms with Crippen LogP contribution in [0.15, 0.2) is 30.3 Å². The SMILES string of the molecule is O=S1(=O)C[C@H]2SSN(c3ccccc3)[C@H]2C1. The lowest BCUT2D eigenvalue weighted by Crippen LogP contribution is -2.31. The smallest absolute Gasteiger partial charge is 0.153 e. The summed E-state index contributed by atoms with van der Waals surface area (Å²) in [6.45, 7) is 0. The highest BCUT2D eigenvalue weighted by Gasteiger charge is 2.46. The minimum atomic E-state index is -2.82. The van der Waals surface area contributed by atoms with Crippen molar-refractivity contribution >= 4 is 37.3 Å². The van der Waals surface area contributed by atoms with Crippen LogP contribution >= 0.6 is 21.8 Å². The number of hydrogen-bond acceptors (Lipinski definition) is 5. The van der Waals surface area contributed by atoms with Crippen LogP contribution < -0.4 is 4.31 Å². The number of anilines is 1. The predicted molar refractivity (Wildman–Crippen MR) is 70.3 cm³/mol. The third-order valence-electron chi connectivity index (χ3n) is 2.83. The van der Waals surface area contributed by atoms with Gasteiger partial charge in [0.25, 0.3) is 0 Å². The van der Waals surface area contributed by atoms with E-state index in [1.807, 2.05) is 30.3 Å². The van der Waals surface area contributed by atoms with Crippen LogP contribution in [0.1, 0.15) is 0 Å². The van der Waals surface area contributed by atoms with Crippen molar-refractivity contribution in [2.24, 2.45) is 0 Å². The standard InChI is InChI=1S/C10H11NO2S3/c12-16(13)6-9-10(7-16)14-15-11(9)8-4-2-1-3-5-8/h1-5,9-10H,6-7H2/t9-,10+/m0/s1. The summed E-state index contributed by atoms with van der Waals surface area (Å²) in [6, 6.07) is 10.1. The van der Waals surface area contributed by atoms with Crippen molar-refractivity contribution in [2.45, 2.75) is 11.3 Å². The first-order valence-corrected chi connectivity index (χ1v) is 9.03. The summed E-state index contributed by atoms with van der Waals surface area (Å²) in [4.78, 5) is 0. The fourth-order valence-corrected chi connectivity index (χ4v) is 8.15. The van der Waals surface area contributed by atoms with Crippen LogP contribution in [0, 0.1) is 0 Å². The van der Waals surface area contributed by atoms with E-state index in [0.717, 1.165) is 5.69 Å². The van der Waals surface area contributed by atoms with Gasteiger partial charge < -0.3 is 4.31 Å². The average molecular weight is 273 g/mol. The number of benzene rings is 1. The van der Waals surface area contributed by atoms with Crippen LogP contribution in [0.3, 0.4) is 0 Å². The minimum Gasteiger partial charge on any atom is -0.302 e. The van der Waals surface area contributed by atoms with E-state index in [4.69, 9.17) is 0 Å². The first-order valence-electron chi connectivity index (χ1n) is 5.04. The van der Waals surface area contributed by atoms with Gasteiger partial charge >= 0.3 is 0 Å². The minimum absolute atomic E-state index is 0.141. The van der Waals surface area contributed by atoms with E-state index in [0.29, 0.717) is 11.5 Å². The van der Waals surface area contributed by atoms with Gasteiger partial charge in [-0.25, -0.2) is 8.42 Å². The van der Waals surface area contributed by atoms with Gasteiger partial charge in [-0.15, -0.1) is 0 Å². The number of rotatable bonds is 1. The van der Waals surface area contributed by atoms with Crippen LogP contribution in [-0.2, 0) is 9.84 Å². The zero-order valence-electron chi connectivity index (χ0n) is 8.44. The Morgan fingerprint density at radius 3 is 2.69 bits per heavy atom. The molecule has 2 fully saturated rings. The van der Waals surface area contributed by atoms with Crippen molar-refractivity contribution in [1.82, 2.24) is 0 Å². The summed E-state index contributed by atoms with van der Waals surface area (Å²) in [5, 5.41) is 0.232. The summed E-state index contributed by atoms with van der Waals surface area (Å²) in [6.07, 6.45) is 0. The molecule has 2 aliphatic rings. The Kier molecular flexibility index (Phi) is 2.60. The lowest BCUT2D eigenvalue weighted by atomic mass is 10.2. The average Bonchev–Trinajstić information content (AvgIpc) is 2.74. The van der Waals surface area contributed by atoms with Crippen molar-refractivity contribution in [3.05, 3.63) is 30.3 Å². The van der Waals surface area contributed by atoms with Gasteiger partial charge in [-0.2, -0.15) is 0 Å². The van der Waals surface area contributed by atoms with Crippen LogP contribution in [0.5, 0.6) is 0 Å². The second kappa shape index (κ2) is 3.85. The molecule has 0 unspecified atom stereocenters. The predicted octanol–water partition coefficient (Wildman–Crippen LogP) is 1.97. The second-order valence-electron chi connectivity index (χ2n) is 4.01. The summed E-state index contributed by atoms with van der Waals surface area (Å²) in [5.74, 6) is 0.630. The van der Waals surface area contributed by atoms with Gasteiger partial charge in [-0.1, -0.05) is 29.0 Å². The Morgan fingerprint density at radius 2 is 1.94 bits per heavy atom. The van der Waals surface area contributed by atoms with Gasteiger partial charge in [-0.3, -0.25) is 0 Å². The molecular weight excluding hydrogens is 262 g/mol. The molecule has 2 aliphatic heterocycles. The molecule has 0 aliphatic carbocycles. The van der Waals surface area contributed by atoms with Crippen molar-refractivity contribution in [3.63, 3.8) is 0 Å². The molecule has 0 N–H and O–H groups in total. The molecule has 2 atom stereocenters. The van der Waals surface area contributed by atoms with Crippen LogP contribution in [-0.4, -0.2) is 31.2 Å². The van der Waals surface area contributed by atoms with Gasteiger partial charge in [0.1, 0.15) is 0 Å². The molecule has 0 aromatic heterocycles. The Balaban J connectivity index is 1.90. The fraction of sp³-hybridized carbons (Fsp3) is 0.400. The maximum atomic E-state index is 11.6. The summed E-state index contributed by atoms with van der Waals surface area (Å²) < 4.78 is 25.3. The number of hydrogen-bond donors (Lipinski definition) is 0. The van der Waals surface area contributed by atoms with Gasteiger partial charge in [0.05, 0.1) is 22.8 Å². The molecule has 2 heterocycles. The lowest BCUT2D eigenvalue weighted by molar-refractivity contribution is 0.601. The highest BCUT2D eigenvalue weighted by molar-refractivity contribution is 8.78.